The van der Waals surface area contributed by atoms with Crippen molar-refractivity contribution in [3.05, 3.63) is 0 Å². The minimum atomic E-state index is -0.345. The Kier molecular flexibility index (Phi) is 4.73. The van der Waals surface area contributed by atoms with Crippen LogP contribution in [0.15, 0.2) is 0 Å². The van der Waals surface area contributed by atoms with E-state index in [0.717, 1.165) is 19.4 Å². The molecule has 1 fully saturated rings. The number of hydrogen-bond acceptors (Lipinski definition) is 3. The van der Waals surface area contributed by atoms with Crippen molar-refractivity contribution in [1.29, 1.82) is 0 Å². The van der Waals surface area contributed by atoms with E-state index in [9.17, 15) is 9.59 Å². The standard InChI is InChI=1S/C11H21N3O2/c1-3-14(9-4-5-9)11(16)7-13-8(2)6-10(12)15/h8-9,13H,3-7H2,1-2H3,(H2,12,15). The van der Waals surface area contributed by atoms with Crippen molar-refractivity contribution in [3.8, 4) is 0 Å². The maximum absolute atomic E-state index is 11.8. The van der Waals surface area contributed by atoms with Gasteiger partial charge < -0.3 is 16.0 Å². The van der Waals surface area contributed by atoms with Gasteiger partial charge in [0, 0.05) is 25.0 Å². The lowest BCUT2D eigenvalue weighted by molar-refractivity contribution is -0.131. The van der Waals surface area contributed by atoms with Gasteiger partial charge in [-0.25, -0.2) is 0 Å². The summed E-state index contributed by atoms with van der Waals surface area (Å²) in [5.41, 5.74) is 5.07. The minimum Gasteiger partial charge on any atom is -0.370 e. The highest BCUT2D eigenvalue weighted by Gasteiger charge is 2.30. The molecule has 0 radical (unpaired) electrons. The van der Waals surface area contributed by atoms with Gasteiger partial charge in [-0.3, -0.25) is 9.59 Å². The van der Waals surface area contributed by atoms with Crippen molar-refractivity contribution in [1.82, 2.24) is 10.2 Å². The van der Waals surface area contributed by atoms with Crippen molar-refractivity contribution in [2.75, 3.05) is 13.1 Å². The van der Waals surface area contributed by atoms with Crippen LogP contribution < -0.4 is 11.1 Å². The average molecular weight is 227 g/mol. The molecule has 0 saturated heterocycles. The Balaban J connectivity index is 2.25. The second-order valence-corrected chi connectivity index (χ2v) is 4.36. The normalized spacial score (nSPS) is 16.9. The first-order valence-corrected chi connectivity index (χ1v) is 5.85. The van der Waals surface area contributed by atoms with E-state index in [4.69, 9.17) is 5.73 Å². The first kappa shape index (κ1) is 13.0. The molecule has 0 aromatic carbocycles. The van der Waals surface area contributed by atoms with Crippen LogP contribution in [0.3, 0.4) is 0 Å². The van der Waals surface area contributed by atoms with Crippen molar-refractivity contribution >= 4 is 11.8 Å². The van der Waals surface area contributed by atoms with Gasteiger partial charge in [-0.15, -0.1) is 0 Å². The van der Waals surface area contributed by atoms with Crippen LogP contribution in [0.4, 0.5) is 0 Å². The fourth-order valence-corrected chi connectivity index (χ4v) is 1.76. The molecular formula is C11H21N3O2. The van der Waals surface area contributed by atoms with E-state index in [1.807, 2.05) is 18.7 Å². The highest BCUT2D eigenvalue weighted by atomic mass is 16.2. The van der Waals surface area contributed by atoms with Crippen LogP contribution in [0.1, 0.15) is 33.1 Å². The van der Waals surface area contributed by atoms with E-state index in [1.54, 1.807) is 0 Å². The van der Waals surface area contributed by atoms with Crippen LogP contribution in [0.5, 0.6) is 0 Å². The highest BCUT2D eigenvalue weighted by molar-refractivity contribution is 5.79. The maximum atomic E-state index is 11.8. The molecule has 0 aliphatic heterocycles. The number of nitrogens with zero attached hydrogens (tertiary/aromatic N) is 1. The molecule has 0 heterocycles. The topological polar surface area (TPSA) is 75.4 Å². The van der Waals surface area contributed by atoms with Gasteiger partial charge in [0.15, 0.2) is 0 Å². The fraction of sp³-hybridized carbons (Fsp3) is 0.818. The number of amides is 2. The molecule has 16 heavy (non-hydrogen) atoms. The maximum Gasteiger partial charge on any atom is 0.236 e. The summed E-state index contributed by atoms with van der Waals surface area (Å²) in [7, 11) is 0. The molecule has 2 amide bonds. The van der Waals surface area contributed by atoms with Gasteiger partial charge in [0.2, 0.25) is 11.8 Å². The van der Waals surface area contributed by atoms with E-state index in [0.29, 0.717) is 12.6 Å². The minimum absolute atomic E-state index is 0.0423. The summed E-state index contributed by atoms with van der Waals surface area (Å²) in [6.07, 6.45) is 2.51. The third-order valence-electron chi connectivity index (χ3n) is 2.76. The van der Waals surface area contributed by atoms with Gasteiger partial charge in [0.1, 0.15) is 0 Å². The lowest BCUT2D eigenvalue weighted by atomic mass is 10.2. The van der Waals surface area contributed by atoms with Crippen molar-refractivity contribution in [2.24, 2.45) is 5.73 Å². The first-order valence-electron chi connectivity index (χ1n) is 5.85. The number of carbonyl (C=O) groups excluding carboxylic acids is 2. The lowest BCUT2D eigenvalue weighted by Gasteiger charge is -2.21. The molecule has 1 aliphatic carbocycles. The van der Waals surface area contributed by atoms with Gasteiger partial charge in [0.05, 0.1) is 6.54 Å². The third-order valence-corrected chi connectivity index (χ3v) is 2.76. The predicted octanol–water partition coefficient (Wildman–Crippen LogP) is -0.149. The number of rotatable bonds is 7. The number of primary amides is 1. The molecule has 92 valence electrons. The van der Waals surface area contributed by atoms with Gasteiger partial charge in [0.25, 0.3) is 0 Å². The van der Waals surface area contributed by atoms with E-state index in [1.165, 1.54) is 0 Å². The summed E-state index contributed by atoms with van der Waals surface area (Å²) in [5.74, 6) is -0.233. The Morgan fingerprint density at radius 1 is 1.50 bits per heavy atom. The molecule has 1 unspecified atom stereocenters. The van der Waals surface area contributed by atoms with Crippen LogP contribution in [0.25, 0.3) is 0 Å². The summed E-state index contributed by atoms with van der Waals surface area (Å²) in [6.45, 7) is 4.89. The zero-order valence-electron chi connectivity index (χ0n) is 10.0. The molecular weight excluding hydrogens is 206 g/mol. The summed E-state index contributed by atoms with van der Waals surface area (Å²) in [4.78, 5) is 24.3. The number of hydrogen-bond donors (Lipinski definition) is 2. The molecule has 1 aliphatic rings. The number of carbonyl (C=O) groups is 2. The summed E-state index contributed by atoms with van der Waals surface area (Å²) < 4.78 is 0. The second kappa shape index (κ2) is 5.84. The molecule has 5 nitrogen and oxygen atoms in total. The van der Waals surface area contributed by atoms with E-state index >= 15 is 0 Å². The van der Waals surface area contributed by atoms with E-state index in [2.05, 4.69) is 5.32 Å². The molecule has 0 spiro atoms. The largest absolute Gasteiger partial charge is 0.370 e. The Morgan fingerprint density at radius 2 is 2.12 bits per heavy atom. The SMILES string of the molecule is CCN(C(=O)CNC(C)CC(N)=O)C1CC1. The Hall–Kier alpha value is -1.10. The quantitative estimate of drug-likeness (QED) is 0.635. The van der Waals surface area contributed by atoms with Gasteiger partial charge >= 0.3 is 0 Å². The summed E-state index contributed by atoms with van der Waals surface area (Å²) >= 11 is 0. The van der Waals surface area contributed by atoms with Crippen molar-refractivity contribution < 1.29 is 9.59 Å². The van der Waals surface area contributed by atoms with E-state index < -0.39 is 0 Å². The summed E-state index contributed by atoms with van der Waals surface area (Å²) in [5, 5.41) is 3.02. The van der Waals surface area contributed by atoms with Gasteiger partial charge in [-0.2, -0.15) is 0 Å². The lowest BCUT2D eigenvalue weighted by Crippen LogP contribution is -2.42. The predicted molar refractivity (Wildman–Crippen MR) is 61.7 cm³/mol. The monoisotopic (exact) mass is 227 g/mol. The van der Waals surface area contributed by atoms with Gasteiger partial charge in [-0.05, 0) is 26.7 Å². The van der Waals surface area contributed by atoms with Crippen LogP contribution >= 0.6 is 0 Å². The molecule has 3 N–H and O–H groups in total. The molecule has 0 aromatic heterocycles. The zero-order chi connectivity index (χ0) is 12.1. The number of nitrogens with two attached hydrogens (primary N) is 1. The molecule has 0 aromatic rings. The average Bonchev–Trinajstić information content (AvgIpc) is 2.99. The first-order chi connectivity index (χ1) is 7.54. The zero-order valence-corrected chi connectivity index (χ0v) is 10.0. The van der Waals surface area contributed by atoms with Crippen LogP contribution in [-0.4, -0.2) is 41.9 Å². The third kappa shape index (κ3) is 4.18. The van der Waals surface area contributed by atoms with Gasteiger partial charge in [-0.1, -0.05) is 0 Å². The molecule has 5 heteroatoms. The van der Waals surface area contributed by atoms with Crippen molar-refractivity contribution in [2.45, 2.75) is 45.2 Å². The Morgan fingerprint density at radius 3 is 2.56 bits per heavy atom. The Bertz CT molecular complexity index is 264. The molecule has 1 atom stereocenters. The van der Waals surface area contributed by atoms with Crippen LogP contribution in [0, 0.1) is 0 Å². The molecule has 1 saturated carbocycles. The molecule has 1 rings (SSSR count). The number of nitrogens with one attached hydrogen (secondary N) is 1. The number of likely N-dealkylation sites (N-methyl/N-ethyl adjacent to an activating group) is 1. The van der Waals surface area contributed by atoms with Crippen molar-refractivity contribution in [3.63, 3.8) is 0 Å². The smallest absolute Gasteiger partial charge is 0.236 e. The van der Waals surface area contributed by atoms with Crippen LogP contribution in [0.2, 0.25) is 0 Å². The summed E-state index contributed by atoms with van der Waals surface area (Å²) in [6, 6.07) is 0.408. The van der Waals surface area contributed by atoms with E-state index in [-0.39, 0.29) is 24.3 Å². The second-order valence-electron chi connectivity index (χ2n) is 4.36. The highest BCUT2D eigenvalue weighted by Crippen LogP contribution is 2.26. The molecule has 0 bridgehead atoms. The fourth-order valence-electron chi connectivity index (χ4n) is 1.76. The Labute approximate surface area is 96.4 Å². The van der Waals surface area contributed by atoms with Crippen LogP contribution in [-0.2, 0) is 9.59 Å².